The zero-order valence-electron chi connectivity index (χ0n) is 15.1. The largest absolute Gasteiger partial charge is 0.497 e. The van der Waals surface area contributed by atoms with Gasteiger partial charge in [-0.05, 0) is 36.6 Å². The summed E-state index contributed by atoms with van der Waals surface area (Å²) in [5.41, 5.74) is 1.45. The number of rotatable bonds is 6. The van der Waals surface area contributed by atoms with Gasteiger partial charge >= 0.3 is 0 Å². The second kappa shape index (κ2) is 8.27. The minimum atomic E-state index is -3.54. The van der Waals surface area contributed by atoms with Gasteiger partial charge in [-0.25, -0.2) is 8.42 Å². The molecule has 3 rings (SSSR count). The van der Waals surface area contributed by atoms with E-state index in [2.05, 4.69) is 0 Å². The molecule has 1 saturated heterocycles. The van der Waals surface area contributed by atoms with Crippen molar-refractivity contribution in [2.24, 2.45) is 0 Å². The Morgan fingerprint density at radius 2 is 1.85 bits per heavy atom. The normalized spacial score (nSPS) is 17.9. The molecule has 0 spiro atoms. The van der Waals surface area contributed by atoms with Gasteiger partial charge in [-0.2, -0.15) is 4.31 Å². The van der Waals surface area contributed by atoms with Gasteiger partial charge in [-0.1, -0.05) is 35.3 Å². The summed E-state index contributed by atoms with van der Waals surface area (Å²) in [5, 5.41) is 0.749. The van der Waals surface area contributed by atoms with Gasteiger partial charge in [-0.3, -0.25) is 0 Å². The minimum Gasteiger partial charge on any atom is -0.497 e. The zero-order valence-corrected chi connectivity index (χ0v) is 17.4. The first kappa shape index (κ1) is 20.3. The summed E-state index contributed by atoms with van der Waals surface area (Å²) in [6.45, 7) is 0.476. The summed E-state index contributed by atoms with van der Waals surface area (Å²) in [4.78, 5) is 0. The molecule has 1 fully saturated rings. The smallest absolute Gasteiger partial charge is 0.218 e. The summed E-state index contributed by atoms with van der Waals surface area (Å²) in [6.07, 6.45) is 1.53. The van der Waals surface area contributed by atoms with Crippen molar-refractivity contribution >= 4 is 33.2 Å². The summed E-state index contributed by atoms with van der Waals surface area (Å²) in [6, 6.07) is 10.1. The molecule has 146 valence electrons. The predicted molar refractivity (Wildman–Crippen MR) is 107 cm³/mol. The lowest BCUT2D eigenvalue weighted by Gasteiger charge is -2.26. The monoisotopic (exact) mass is 429 g/mol. The molecule has 8 heteroatoms. The van der Waals surface area contributed by atoms with Crippen LogP contribution in [-0.2, 0) is 15.8 Å². The number of benzene rings is 2. The molecule has 0 N–H and O–H groups in total. The average Bonchev–Trinajstić information content (AvgIpc) is 3.14. The Morgan fingerprint density at radius 3 is 2.52 bits per heavy atom. The average molecular weight is 430 g/mol. The Bertz CT molecular complexity index is 933. The van der Waals surface area contributed by atoms with Crippen LogP contribution in [0, 0.1) is 0 Å². The van der Waals surface area contributed by atoms with E-state index in [4.69, 9.17) is 32.7 Å². The van der Waals surface area contributed by atoms with E-state index in [0.29, 0.717) is 33.7 Å². The van der Waals surface area contributed by atoms with Gasteiger partial charge in [0, 0.05) is 18.2 Å². The van der Waals surface area contributed by atoms with Crippen molar-refractivity contribution in [3.63, 3.8) is 0 Å². The fraction of sp³-hybridized carbons (Fsp3) is 0.368. The first-order valence-corrected chi connectivity index (χ1v) is 10.9. The van der Waals surface area contributed by atoms with E-state index in [9.17, 15) is 8.42 Å². The van der Waals surface area contributed by atoms with E-state index < -0.39 is 10.0 Å². The molecule has 0 amide bonds. The number of sulfonamides is 1. The summed E-state index contributed by atoms with van der Waals surface area (Å²) >= 11 is 12.0. The maximum atomic E-state index is 13.1. The van der Waals surface area contributed by atoms with E-state index in [-0.39, 0.29) is 11.8 Å². The topological polar surface area (TPSA) is 55.8 Å². The molecule has 1 heterocycles. The Balaban J connectivity index is 1.90. The third-order valence-electron chi connectivity index (χ3n) is 4.69. The van der Waals surface area contributed by atoms with Crippen LogP contribution in [0.25, 0.3) is 0 Å². The predicted octanol–water partition coefficient (Wildman–Crippen LogP) is 4.68. The van der Waals surface area contributed by atoms with E-state index in [1.165, 1.54) is 0 Å². The number of ether oxygens (including phenoxy) is 2. The van der Waals surface area contributed by atoms with E-state index in [1.54, 1.807) is 42.8 Å². The fourth-order valence-corrected chi connectivity index (χ4v) is 5.50. The quantitative estimate of drug-likeness (QED) is 0.668. The Kier molecular flexibility index (Phi) is 6.21. The van der Waals surface area contributed by atoms with Crippen LogP contribution in [-0.4, -0.2) is 33.5 Å². The summed E-state index contributed by atoms with van der Waals surface area (Å²) in [5.74, 6) is 1.16. The summed E-state index contributed by atoms with van der Waals surface area (Å²) in [7, 11) is -0.383. The van der Waals surface area contributed by atoms with Crippen molar-refractivity contribution in [3.8, 4) is 11.5 Å². The Hall–Kier alpha value is -1.47. The van der Waals surface area contributed by atoms with Crippen LogP contribution in [0.15, 0.2) is 36.4 Å². The maximum Gasteiger partial charge on any atom is 0.218 e. The Labute approximate surface area is 169 Å². The maximum absolute atomic E-state index is 13.1. The van der Waals surface area contributed by atoms with Crippen LogP contribution in [0.4, 0.5) is 0 Å². The lowest BCUT2D eigenvalue weighted by Crippen LogP contribution is -2.32. The standard InChI is InChI=1S/C19H21Cl2NO4S/c1-25-14-6-7-15(19(11-14)26-2)18-4-3-9-22(18)27(23,24)12-13-5-8-16(20)17(21)10-13/h5-8,10-11,18H,3-4,9,12H2,1-2H3. The van der Waals surface area contributed by atoms with Crippen molar-refractivity contribution in [2.75, 3.05) is 20.8 Å². The van der Waals surface area contributed by atoms with Gasteiger partial charge in [0.05, 0.1) is 36.1 Å². The minimum absolute atomic E-state index is 0.126. The molecule has 1 atom stereocenters. The van der Waals surface area contributed by atoms with Gasteiger partial charge in [-0.15, -0.1) is 0 Å². The summed E-state index contributed by atoms with van der Waals surface area (Å²) < 4.78 is 38.4. The fourth-order valence-electron chi connectivity index (χ4n) is 3.40. The van der Waals surface area contributed by atoms with Gasteiger partial charge in [0.25, 0.3) is 0 Å². The van der Waals surface area contributed by atoms with Crippen LogP contribution in [0.2, 0.25) is 10.0 Å². The van der Waals surface area contributed by atoms with Crippen molar-refractivity contribution in [1.29, 1.82) is 0 Å². The molecule has 0 radical (unpaired) electrons. The highest BCUT2D eigenvalue weighted by Crippen LogP contribution is 2.40. The van der Waals surface area contributed by atoms with Crippen molar-refractivity contribution in [2.45, 2.75) is 24.6 Å². The highest BCUT2D eigenvalue weighted by atomic mass is 35.5. The van der Waals surface area contributed by atoms with Crippen LogP contribution in [0.5, 0.6) is 11.5 Å². The third-order valence-corrected chi connectivity index (χ3v) is 7.28. The zero-order chi connectivity index (χ0) is 19.6. The molecule has 2 aromatic carbocycles. The molecule has 2 aromatic rings. The first-order chi connectivity index (χ1) is 12.9. The van der Waals surface area contributed by atoms with Crippen LogP contribution in [0.1, 0.15) is 30.0 Å². The lowest BCUT2D eigenvalue weighted by atomic mass is 10.0. The number of hydrogen-bond acceptors (Lipinski definition) is 4. The molecule has 1 unspecified atom stereocenters. The molecule has 1 aliphatic heterocycles. The van der Waals surface area contributed by atoms with Gasteiger partial charge in [0.15, 0.2) is 0 Å². The second-order valence-electron chi connectivity index (χ2n) is 6.38. The van der Waals surface area contributed by atoms with Gasteiger partial charge in [0.2, 0.25) is 10.0 Å². The number of halogens is 2. The van der Waals surface area contributed by atoms with E-state index >= 15 is 0 Å². The molecular weight excluding hydrogens is 409 g/mol. The first-order valence-electron chi connectivity index (χ1n) is 8.51. The van der Waals surface area contributed by atoms with E-state index in [0.717, 1.165) is 18.4 Å². The van der Waals surface area contributed by atoms with Crippen LogP contribution < -0.4 is 9.47 Å². The molecule has 0 aliphatic carbocycles. The van der Waals surface area contributed by atoms with Crippen molar-refractivity contribution in [3.05, 3.63) is 57.6 Å². The van der Waals surface area contributed by atoms with Crippen molar-refractivity contribution in [1.82, 2.24) is 4.31 Å². The molecule has 0 aromatic heterocycles. The Morgan fingerprint density at radius 1 is 1.07 bits per heavy atom. The highest BCUT2D eigenvalue weighted by molar-refractivity contribution is 7.88. The molecular formula is C19H21Cl2NO4S. The van der Waals surface area contributed by atoms with Crippen molar-refractivity contribution < 1.29 is 17.9 Å². The molecule has 0 saturated carbocycles. The number of nitrogens with zero attached hydrogens (tertiary/aromatic N) is 1. The SMILES string of the molecule is COc1ccc(C2CCCN2S(=O)(=O)Cc2ccc(Cl)c(Cl)c2)c(OC)c1. The van der Waals surface area contributed by atoms with Gasteiger partial charge < -0.3 is 9.47 Å². The van der Waals surface area contributed by atoms with Crippen LogP contribution >= 0.6 is 23.2 Å². The molecule has 1 aliphatic rings. The third kappa shape index (κ3) is 4.35. The highest BCUT2D eigenvalue weighted by Gasteiger charge is 2.36. The lowest BCUT2D eigenvalue weighted by molar-refractivity contribution is 0.361. The van der Waals surface area contributed by atoms with Gasteiger partial charge in [0.1, 0.15) is 11.5 Å². The van der Waals surface area contributed by atoms with Crippen LogP contribution in [0.3, 0.4) is 0 Å². The molecule has 27 heavy (non-hydrogen) atoms. The number of hydrogen-bond donors (Lipinski definition) is 0. The molecule has 0 bridgehead atoms. The van der Waals surface area contributed by atoms with E-state index in [1.807, 2.05) is 12.1 Å². The molecule has 5 nitrogen and oxygen atoms in total. The number of methoxy groups -OCH3 is 2. The second-order valence-corrected chi connectivity index (χ2v) is 9.12.